The molecule has 0 aliphatic heterocycles. The largest absolute Gasteiger partial charge is 0.497 e. The van der Waals surface area contributed by atoms with Crippen molar-refractivity contribution < 1.29 is 14.3 Å². The molecular weight excluding hydrogens is 434 g/mol. The Kier molecular flexibility index (Phi) is 6.36. The Morgan fingerprint density at radius 1 is 1.06 bits per heavy atom. The van der Waals surface area contributed by atoms with Crippen LogP contribution in [0.25, 0.3) is 16.6 Å². The summed E-state index contributed by atoms with van der Waals surface area (Å²) in [6, 6.07) is 14.1. The molecule has 2 aromatic carbocycles. The molecule has 0 bridgehead atoms. The Balaban J connectivity index is 1.63. The minimum atomic E-state index is -0.831. The summed E-state index contributed by atoms with van der Waals surface area (Å²) in [7, 11) is 3.13. The molecule has 34 heavy (non-hydrogen) atoms. The maximum Gasteiger partial charge on any atom is 0.295 e. The molecule has 0 radical (unpaired) electrons. The van der Waals surface area contributed by atoms with E-state index in [-0.39, 0.29) is 18.0 Å². The number of carbonyl (C=O) groups is 1. The van der Waals surface area contributed by atoms with Gasteiger partial charge in [-0.1, -0.05) is 18.2 Å². The first kappa shape index (κ1) is 23.0. The van der Waals surface area contributed by atoms with E-state index in [1.54, 1.807) is 38.0 Å². The number of para-hydroxylation sites is 1. The average molecular weight is 462 g/mol. The van der Waals surface area contributed by atoms with Crippen LogP contribution in [0, 0.1) is 13.8 Å². The predicted octanol–water partition coefficient (Wildman–Crippen LogP) is 3.09. The number of carbonyl (C=O) groups excluding carboxylic acids is 1. The lowest BCUT2D eigenvalue weighted by Gasteiger charge is -2.16. The summed E-state index contributed by atoms with van der Waals surface area (Å²) in [6.07, 6.45) is 0. The lowest BCUT2D eigenvalue weighted by atomic mass is 10.2. The summed E-state index contributed by atoms with van der Waals surface area (Å²) in [6.45, 7) is 5.59. The van der Waals surface area contributed by atoms with Crippen molar-refractivity contribution in [2.45, 2.75) is 33.4 Å². The Hall–Kier alpha value is -4.14. The van der Waals surface area contributed by atoms with Crippen molar-refractivity contribution >= 4 is 16.8 Å². The van der Waals surface area contributed by atoms with Crippen molar-refractivity contribution in [3.63, 3.8) is 0 Å². The molecule has 0 saturated heterocycles. The van der Waals surface area contributed by atoms with E-state index in [4.69, 9.17) is 9.47 Å². The third-order valence-corrected chi connectivity index (χ3v) is 5.84. The first-order valence-corrected chi connectivity index (χ1v) is 10.9. The van der Waals surface area contributed by atoms with Gasteiger partial charge >= 0.3 is 0 Å². The number of hydrogen-bond donors (Lipinski definition) is 1. The topological polar surface area (TPSA) is 100 Å². The zero-order valence-corrected chi connectivity index (χ0v) is 19.8. The highest BCUT2D eigenvalue weighted by Gasteiger charge is 2.23. The van der Waals surface area contributed by atoms with Crippen molar-refractivity contribution in [1.29, 1.82) is 0 Å². The smallest absolute Gasteiger partial charge is 0.295 e. The molecule has 1 atom stereocenters. The fourth-order valence-corrected chi connectivity index (χ4v) is 3.97. The molecule has 4 aromatic rings. The number of aromatic nitrogens is 4. The fraction of sp³-hybridized carbons (Fsp3) is 0.280. The highest BCUT2D eigenvalue weighted by atomic mass is 16.5. The van der Waals surface area contributed by atoms with E-state index in [9.17, 15) is 9.59 Å². The second kappa shape index (κ2) is 9.38. The van der Waals surface area contributed by atoms with Gasteiger partial charge in [-0.15, -0.1) is 0 Å². The van der Waals surface area contributed by atoms with Gasteiger partial charge in [0, 0.05) is 18.2 Å². The maximum absolute atomic E-state index is 13.3. The van der Waals surface area contributed by atoms with Gasteiger partial charge in [0.15, 0.2) is 5.52 Å². The van der Waals surface area contributed by atoms with E-state index >= 15 is 0 Å². The summed E-state index contributed by atoms with van der Waals surface area (Å²) in [5.74, 6) is 0.914. The Morgan fingerprint density at radius 2 is 1.79 bits per heavy atom. The molecule has 0 fully saturated rings. The molecule has 0 aliphatic carbocycles. The maximum atomic E-state index is 13.3. The van der Waals surface area contributed by atoms with Crippen LogP contribution < -0.4 is 20.3 Å². The molecule has 9 nitrogen and oxygen atoms in total. The molecule has 0 aliphatic rings. The highest BCUT2D eigenvalue weighted by Crippen LogP contribution is 2.25. The molecule has 1 amide bonds. The van der Waals surface area contributed by atoms with Crippen molar-refractivity contribution in [3.05, 3.63) is 75.8 Å². The van der Waals surface area contributed by atoms with E-state index in [1.807, 2.05) is 50.2 Å². The number of amides is 1. The van der Waals surface area contributed by atoms with Gasteiger partial charge in [-0.2, -0.15) is 10.2 Å². The average Bonchev–Trinajstić information content (AvgIpc) is 3.22. The molecule has 2 aromatic heterocycles. The number of methoxy groups -OCH3 is 2. The number of nitrogens with one attached hydrogen (secondary N) is 1. The van der Waals surface area contributed by atoms with E-state index in [2.05, 4.69) is 15.5 Å². The highest BCUT2D eigenvalue weighted by molar-refractivity contribution is 5.84. The lowest BCUT2D eigenvalue weighted by Crippen LogP contribution is -2.37. The van der Waals surface area contributed by atoms with Gasteiger partial charge < -0.3 is 14.8 Å². The number of ether oxygens (including phenoxy) is 2. The minimum Gasteiger partial charge on any atom is -0.497 e. The monoisotopic (exact) mass is 461 g/mol. The van der Waals surface area contributed by atoms with Crippen molar-refractivity contribution in [2.24, 2.45) is 0 Å². The van der Waals surface area contributed by atoms with Gasteiger partial charge in [-0.3, -0.25) is 9.59 Å². The van der Waals surface area contributed by atoms with Crippen molar-refractivity contribution in [3.8, 4) is 17.2 Å². The number of nitrogens with zero attached hydrogens (tertiary/aromatic N) is 4. The minimum absolute atomic E-state index is 0.230. The number of fused-ring (bicyclic) bond motifs is 1. The van der Waals surface area contributed by atoms with Gasteiger partial charge in [0.2, 0.25) is 5.91 Å². The van der Waals surface area contributed by atoms with Crippen LogP contribution >= 0.6 is 0 Å². The van der Waals surface area contributed by atoms with Crippen LogP contribution in [0.15, 0.2) is 53.3 Å². The Morgan fingerprint density at radius 3 is 2.47 bits per heavy atom. The van der Waals surface area contributed by atoms with Gasteiger partial charge in [-0.05, 0) is 45.0 Å². The van der Waals surface area contributed by atoms with Crippen molar-refractivity contribution in [1.82, 2.24) is 24.9 Å². The molecule has 1 N–H and O–H groups in total. The van der Waals surface area contributed by atoms with Gasteiger partial charge in [-0.25, -0.2) is 9.36 Å². The normalized spacial score (nSPS) is 11.9. The second-order valence-electron chi connectivity index (χ2n) is 7.96. The molecule has 2 heterocycles. The quantitative estimate of drug-likeness (QED) is 0.454. The molecule has 0 saturated carbocycles. The van der Waals surface area contributed by atoms with E-state index in [0.29, 0.717) is 22.6 Å². The summed E-state index contributed by atoms with van der Waals surface area (Å²) in [5, 5.41) is 12.6. The van der Waals surface area contributed by atoms with Crippen LogP contribution in [0.4, 0.5) is 0 Å². The zero-order valence-electron chi connectivity index (χ0n) is 19.8. The molecule has 4 rings (SSSR count). The summed E-state index contributed by atoms with van der Waals surface area (Å²) < 4.78 is 13.5. The summed E-state index contributed by atoms with van der Waals surface area (Å²) >= 11 is 0. The number of aryl methyl sites for hydroxylation is 2. The standard InChI is InChI=1S/C25H27N5O4/c1-15-22-16(2)29(19-9-7-6-8-10-19)28-23(22)25(32)30(27-15)17(3)24(31)26-14-18-11-12-20(33-4)13-21(18)34-5/h6-13,17H,14H2,1-5H3,(H,26,31)/t17-/m1/s1. The Labute approximate surface area is 196 Å². The third kappa shape index (κ3) is 4.12. The van der Waals surface area contributed by atoms with Gasteiger partial charge in [0.1, 0.15) is 17.5 Å². The first-order chi connectivity index (χ1) is 16.3. The van der Waals surface area contributed by atoms with E-state index in [0.717, 1.165) is 16.9 Å². The first-order valence-electron chi connectivity index (χ1n) is 10.9. The van der Waals surface area contributed by atoms with Gasteiger partial charge in [0.25, 0.3) is 5.56 Å². The molecule has 176 valence electrons. The molecule has 0 spiro atoms. The molecular formula is C25H27N5O4. The van der Waals surface area contributed by atoms with Crippen LogP contribution in [-0.2, 0) is 11.3 Å². The van der Waals surface area contributed by atoms with Crippen molar-refractivity contribution in [2.75, 3.05) is 14.2 Å². The van der Waals surface area contributed by atoms with Crippen LogP contribution in [0.3, 0.4) is 0 Å². The van der Waals surface area contributed by atoms with E-state index in [1.165, 1.54) is 4.68 Å². The molecule has 0 unspecified atom stereocenters. The van der Waals surface area contributed by atoms with E-state index < -0.39 is 11.6 Å². The van der Waals surface area contributed by atoms with Crippen LogP contribution in [0.5, 0.6) is 11.5 Å². The zero-order chi connectivity index (χ0) is 24.4. The fourth-order valence-electron chi connectivity index (χ4n) is 3.97. The molecule has 9 heteroatoms. The Bertz CT molecular complexity index is 1410. The third-order valence-electron chi connectivity index (χ3n) is 5.84. The number of rotatable bonds is 7. The second-order valence-corrected chi connectivity index (χ2v) is 7.96. The predicted molar refractivity (Wildman–Crippen MR) is 129 cm³/mol. The SMILES string of the molecule is COc1ccc(CNC(=O)[C@@H](C)n2nc(C)c3c(C)n(-c4ccccc4)nc3c2=O)c(OC)c1. The number of hydrogen-bond acceptors (Lipinski definition) is 6. The van der Waals surface area contributed by atoms with Crippen LogP contribution in [-0.4, -0.2) is 39.7 Å². The van der Waals surface area contributed by atoms with Crippen LogP contribution in [0.1, 0.15) is 29.9 Å². The lowest BCUT2D eigenvalue weighted by molar-refractivity contribution is -0.124. The van der Waals surface area contributed by atoms with Crippen LogP contribution in [0.2, 0.25) is 0 Å². The number of benzene rings is 2. The summed E-state index contributed by atoms with van der Waals surface area (Å²) in [5.41, 5.74) is 2.95. The van der Waals surface area contributed by atoms with Gasteiger partial charge in [0.05, 0.1) is 36.7 Å². The summed E-state index contributed by atoms with van der Waals surface area (Å²) in [4.78, 5) is 26.2.